The lowest BCUT2D eigenvalue weighted by atomic mass is 10.1. The van der Waals surface area contributed by atoms with Crippen molar-refractivity contribution in [2.75, 3.05) is 0 Å². The quantitative estimate of drug-likeness (QED) is 0.746. The molecule has 0 saturated carbocycles. The van der Waals surface area contributed by atoms with Crippen LogP contribution in [-0.4, -0.2) is 15.2 Å². The monoisotopic (exact) mass is 262 g/mol. The summed E-state index contributed by atoms with van der Waals surface area (Å²) >= 11 is 0. The third-order valence-electron chi connectivity index (χ3n) is 3.63. The van der Waals surface area contributed by atoms with E-state index in [-0.39, 0.29) is 0 Å². The average molecular weight is 262 g/mol. The summed E-state index contributed by atoms with van der Waals surface area (Å²) in [6.45, 7) is 1.89. The van der Waals surface area contributed by atoms with Gasteiger partial charge in [0.25, 0.3) is 0 Å². The van der Waals surface area contributed by atoms with E-state index in [2.05, 4.69) is 38.7 Å². The summed E-state index contributed by atoms with van der Waals surface area (Å²) < 4.78 is 0. The highest BCUT2D eigenvalue weighted by Crippen LogP contribution is 2.24. The Hall–Kier alpha value is -2.46. The molecule has 2 N–H and O–H groups in total. The van der Waals surface area contributed by atoms with Gasteiger partial charge in [0.15, 0.2) is 11.6 Å². The van der Waals surface area contributed by atoms with E-state index >= 15 is 0 Å². The fraction of sp³-hybridized carbons (Fsp3) is 0.125. The topological polar surface area (TPSA) is 53.6 Å². The molecule has 98 valence electrons. The molecule has 0 saturated heterocycles. The summed E-state index contributed by atoms with van der Waals surface area (Å²) in [6.07, 6.45) is 0. The van der Waals surface area contributed by atoms with Crippen molar-refractivity contribution >= 4 is 0 Å². The maximum atomic E-state index is 4.59. The van der Waals surface area contributed by atoms with Crippen molar-refractivity contribution in [3.8, 4) is 22.8 Å². The first kappa shape index (κ1) is 11.4. The number of aromatic amines is 1. The molecule has 0 amide bonds. The fourth-order valence-electron chi connectivity index (χ4n) is 2.55. The third kappa shape index (κ3) is 1.90. The van der Waals surface area contributed by atoms with Crippen LogP contribution in [0, 0.1) is 0 Å². The molecule has 2 heterocycles. The maximum absolute atomic E-state index is 4.59. The molecule has 1 aromatic heterocycles. The Bertz CT molecular complexity index is 746. The van der Waals surface area contributed by atoms with Gasteiger partial charge in [-0.2, -0.15) is 5.10 Å². The number of aromatic nitrogens is 3. The Balaban J connectivity index is 1.72. The third-order valence-corrected chi connectivity index (χ3v) is 3.63. The van der Waals surface area contributed by atoms with Crippen LogP contribution in [0.4, 0.5) is 0 Å². The van der Waals surface area contributed by atoms with Crippen LogP contribution in [0.5, 0.6) is 0 Å². The van der Waals surface area contributed by atoms with Crippen LogP contribution in [0.3, 0.4) is 0 Å². The Morgan fingerprint density at radius 3 is 2.60 bits per heavy atom. The minimum atomic E-state index is 0.749. The maximum Gasteiger partial charge on any atom is 0.181 e. The molecule has 0 spiro atoms. The first-order chi connectivity index (χ1) is 9.90. The van der Waals surface area contributed by atoms with Gasteiger partial charge in [-0.15, -0.1) is 0 Å². The van der Waals surface area contributed by atoms with Gasteiger partial charge in [-0.05, 0) is 17.2 Å². The molecule has 0 radical (unpaired) electrons. The molecule has 0 aliphatic carbocycles. The summed E-state index contributed by atoms with van der Waals surface area (Å²) in [4.78, 5) is 4.59. The van der Waals surface area contributed by atoms with Gasteiger partial charge in [0.1, 0.15) is 0 Å². The SMILES string of the molecule is c1ccc(-c2nc(-c3ccc4c(c3)CNC4)n[nH]2)cc1. The van der Waals surface area contributed by atoms with Crippen molar-refractivity contribution in [1.82, 2.24) is 20.5 Å². The van der Waals surface area contributed by atoms with E-state index in [0.717, 1.165) is 35.9 Å². The first-order valence-corrected chi connectivity index (χ1v) is 6.71. The highest BCUT2D eigenvalue weighted by atomic mass is 15.2. The molecular formula is C16H14N4. The molecule has 1 aliphatic heterocycles. The summed E-state index contributed by atoms with van der Waals surface area (Å²) in [5.74, 6) is 1.55. The number of hydrogen-bond acceptors (Lipinski definition) is 3. The molecule has 3 aromatic rings. The second-order valence-electron chi connectivity index (χ2n) is 4.96. The highest BCUT2D eigenvalue weighted by molar-refractivity contribution is 5.62. The summed E-state index contributed by atoms with van der Waals surface area (Å²) in [7, 11) is 0. The predicted molar refractivity (Wildman–Crippen MR) is 77.8 cm³/mol. The van der Waals surface area contributed by atoms with E-state index in [0.29, 0.717) is 0 Å². The van der Waals surface area contributed by atoms with E-state index in [1.54, 1.807) is 0 Å². The Labute approximate surface area is 116 Å². The van der Waals surface area contributed by atoms with Gasteiger partial charge in [0.2, 0.25) is 0 Å². The molecule has 0 fully saturated rings. The van der Waals surface area contributed by atoms with Crippen LogP contribution in [0.15, 0.2) is 48.5 Å². The first-order valence-electron chi connectivity index (χ1n) is 6.71. The average Bonchev–Trinajstić information content (AvgIpc) is 3.16. The fourth-order valence-corrected chi connectivity index (χ4v) is 2.55. The van der Waals surface area contributed by atoms with Crippen LogP contribution < -0.4 is 5.32 Å². The Morgan fingerprint density at radius 2 is 1.70 bits per heavy atom. The number of fused-ring (bicyclic) bond motifs is 1. The van der Waals surface area contributed by atoms with Gasteiger partial charge >= 0.3 is 0 Å². The molecule has 0 bridgehead atoms. The standard InChI is InChI=1S/C16H14N4/c1-2-4-11(5-3-1)15-18-16(20-19-15)12-6-7-13-9-17-10-14(13)8-12/h1-8,17H,9-10H2,(H,18,19,20). The van der Waals surface area contributed by atoms with Crippen LogP contribution in [0.1, 0.15) is 11.1 Å². The molecule has 2 aromatic carbocycles. The van der Waals surface area contributed by atoms with Crippen LogP contribution in [-0.2, 0) is 13.1 Å². The number of nitrogens with zero attached hydrogens (tertiary/aromatic N) is 2. The molecule has 20 heavy (non-hydrogen) atoms. The van der Waals surface area contributed by atoms with Gasteiger partial charge in [0.05, 0.1) is 0 Å². The predicted octanol–water partition coefficient (Wildman–Crippen LogP) is 2.74. The number of benzene rings is 2. The summed E-state index contributed by atoms with van der Waals surface area (Å²) in [5, 5.41) is 10.7. The second kappa shape index (κ2) is 4.58. The molecule has 0 unspecified atom stereocenters. The van der Waals surface area contributed by atoms with E-state index in [1.807, 2.05) is 30.3 Å². The lowest BCUT2D eigenvalue weighted by Gasteiger charge is -2.00. The molecule has 1 aliphatic rings. The van der Waals surface area contributed by atoms with Crippen molar-refractivity contribution in [3.63, 3.8) is 0 Å². The minimum Gasteiger partial charge on any atom is -0.309 e. The zero-order chi connectivity index (χ0) is 13.4. The van der Waals surface area contributed by atoms with Crippen molar-refractivity contribution in [3.05, 3.63) is 59.7 Å². The highest BCUT2D eigenvalue weighted by Gasteiger charge is 2.13. The Morgan fingerprint density at radius 1 is 0.850 bits per heavy atom. The van der Waals surface area contributed by atoms with Crippen molar-refractivity contribution < 1.29 is 0 Å². The summed E-state index contributed by atoms with van der Waals surface area (Å²) in [6, 6.07) is 16.5. The van der Waals surface area contributed by atoms with Crippen LogP contribution >= 0.6 is 0 Å². The zero-order valence-corrected chi connectivity index (χ0v) is 10.9. The lowest BCUT2D eigenvalue weighted by Crippen LogP contribution is -1.99. The van der Waals surface area contributed by atoms with E-state index < -0.39 is 0 Å². The van der Waals surface area contributed by atoms with Crippen LogP contribution in [0.2, 0.25) is 0 Å². The van der Waals surface area contributed by atoms with E-state index in [9.17, 15) is 0 Å². The van der Waals surface area contributed by atoms with Crippen molar-refractivity contribution in [1.29, 1.82) is 0 Å². The van der Waals surface area contributed by atoms with Gasteiger partial charge in [0, 0.05) is 24.2 Å². The smallest absolute Gasteiger partial charge is 0.181 e. The van der Waals surface area contributed by atoms with E-state index in [4.69, 9.17) is 0 Å². The summed E-state index contributed by atoms with van der Waals surface area (Å²) in [5.41, 5.74) is 4.82. The molecule has 4 rings (SSSR count). The number of hydrogen-bond donors (Lipinski definition) is 2. The zero-order valence-electron chi connectivity index (χ0n) is 10.9. The molecular weight excluding hydrogens is 248 g/mol. The molecule has 0 atom stereocenters. The van der Waals surface area contributed by atoms with Gasteiger partial charge < -0.3 is 5.32 Å². The Kier molecular flexibility index (Phi) is 2.60. The second-order valence-corrected chi connectivity index (χ2v) is 4.96. The van der Waals surface area contributed by atoms with E-state index in [1.165, 1.54) is 11.1 Å². The van der Waals surface area contributed by atoms with Crippen molar-refractivity contribution in [2.24, 2.45) is 0 Å². The minimum absolute atomic E-state index is 0.749. The lowest BCUT2D eigenvalue weighted by molar-refractivity contribution is 0.765. The number of H-pyrrole nitrogens is 1. The normalized spacial score (nSPS) is 13.4. The number of rotatable bonds is 2. The van der Waals surface area contributed by atoms with Gasteiger partial charge in [-0.25, -0.2) is 4.98 Å². The number of nitrogens with one attached hydrogen (secondary N) is 2. The van der Waals surface area contributed by atoms with Crippen molar-refractivity contribution in [2.45, 2.75) is 13.1 Å². The van der Waals surface area contributed by atoms with Gasteiger partial charge in [-0.1, -0.05) is 42.5 Å². The largest absolute Gasteiger partial charge is 0.309 e. The molecule has 4 heteroatoms. The van der Waals surface area contributed by atoms with Gasteiger partial charge in [-0.3, -0.25) is 5.10 Å². The van der Waals surface area contributed by atoms with Crippen LogP contribution in [0.25, 0.3) is 22.8 Å². The molecule has 4 nitrogen and oxygen atoms in total.